The zero-order valence-corrected chi connectivity index (χ0v) is 7.33. The zero-order valence-electron chi connectivity index (χ0n) is 7.33. The van der Waals surface area contributed by atoms with E-state index in [4.69, 9.17) is 5.26 Å². The number of hydrogen-bond donors (Lipinski definition) is 0. The number of nitriles is 1. The van der Waals surface area contributed by atoms with Crippen LogP contribution < -0.4 is 0 Å². The number of tetrazole rings is 1. The van der Waals surface area contributed by atoms with Gasteiger partial charge in [0, 0.05) is 0 Å². The molecule has 0 unspecified atom stereocenters. The third-order valence-electron chi connectivity index (χ3n) is 1.81. The van der Waals surface area contributed by atoms with E-state index in [1.54, 1.807) is 0 Å². The Morgan fingerprint density at radius 3 is 2.79 bits per heavy atom. The maximum absolute atomic E-state index is 8.67. The summed E-state index contributed by atoms with van der Waals surface area (Å²) in [5.74, 6) is 0.230. The predicted molar refractivity (Wildman–Crippen MR) is 48.1 cm³/mol. The second-order valence-corrected chi connectivity index (χ2v) is 2.76. The van der Waals surface area contributed by atoms with Crippen molar-refractivity contribution in [1.82, 2.24) is 20.2 Å². The normalized spacial score (nSPS) is 9.64. The summed E-state index contributed by atoms with van der Waals surface area (Å²) in [5, 5.41) is 19.4. The van der Waals surface area contributed by atoms with Crippen LogP contribution in [0.15, 0.2) is 30.3 Å². The van der Waals surface area contributed by atoms with Crippen LogP contribution in [0, 0.1) is 11.3 Å². The van der Waals surface area contributed by atoms with Crippen LogP contribution >= 0.6 is 0 Å². The lowest BCUT2D eigenvalue weighted by atomic mass is 10.2. The molecule has 0 radical (unpaired) electrons. The van der Waals surface area contributed by atoms with Gasteiger partial charge in [0.15, 0.2) is 0 Å². The summed E-state index contributed by atoms with van der Waals surface area (Å²) in [4.78, 5) is 0. The molecule has 2 rings (SSSR count). The van der Waals surface area contributed by atoms with E-state index in [9.17, 15) is 0 Å². The molecular weight excluding hydrogens is 178 g/mol. The Balaban J connectivity index is 2.24. The van der Waals surface area contributed by atoms with Crippen LogP contribution in [0.4, 0.5) is 0 Å². The lowest BCUT2D eigenvalue weighted by Crippen LogP contribution is -2.04. The van der Waals surface area contributed by atoms with Crippen molar-refractivity contribution in [2.75, 3.05) is 0 Å². The fourth-order valence-corrected chi connectivity index (χ4v) is 1.15. The van der Waals surface area contributed by atoms with Gasteiger partial charge in [0.1, 0.15) is 6.07 Å². The highest BCUT2D eigenvalue weighted by molar-refractivity contribution is 5.16. The molecule has 0 aliphatic rings. The monoisotopic (exact) mass is 185 g/mol. The van der Waals surface area contributed by atoms with Crippen LogP contribution in [0.5, 0.6) is 0 Å². The van der Waals surface area contributed by atoms with Crippen molar-refractivity contribution in [1.29, 1.82) is 5.26 Å². The van der Waals surface area contributed by atoms with Crippen LogP contribution in [-0.2, 0) is 6.54 Å². The highest BCUT2D eigenvalue weighted by atomic mass is 15.5. The zero-order chi connectivity index (χ0) is 9.80. The molecule has 1 aromatic carbocycles. The summed E-state index contributed by atoms with van der Waals surface area (Å²) < 4.78 is 1.47. The molecule has 1 aromatic heterocycles. The van der Waals surface area contributed by atoms with Gasteiger partial charge in [-0.2, -0.15) is 5.26 Å². The molecule has 0 saturated carbocycles. The number of benzene rings is 1. The van der Waals surface area contributed by atoms with E-state index in [2.05, 4.69) is 15.5 Å². The Morgan fingerprint density at radius 1 is 1.29 bits per heavy atom. The van der Waals surface area contributed by atoms with Gasteiger partial charge in [-0.25, -0.2) is 4.68 Å². The van der Waals surface area contributed by atoms with Crippen molar-refractivity contribution < 1.29 is 0 Å². The second-order valence-electron chi connectivity index (χ2n) is 2.76. The summed E-state index contributed by atoms with van der Waals surface area (Å²) in [5.41, 5.74) is 1.07. The van der Waals surface area contributed by atoms with Crippen molar-refractivity contribution >= 4 is 0 Å². The molecule has 0 spiro atoms. The fraction of sp³-hybridized carbons (Fsp3) is 0.111. The summed E-state index contributed by atoms with van der Waals surface area (Å²) in [7, 11) is 0. The minimum atomic E-state index is 0.230. The van der Waals surface area contributed by atoms with E-state index < -0.39 is 0 Å². The first-order valence-corrected chi connectivity index (χ1v) is 4.10. The summed E-state index contributed by atoms with van der Waals surface area (Å²) >= 11 is 0. The fourth-order valence-electron chi connectivity index (χ4n) is 1.15. The van der Waals surface area contributed by atoms with Gasteiger partial charge in [0.2, 0.25) is 0 Å². The van der Waals surface area contributed by atoms with Gasteiger partial charge in [-0.1, -0.05) is 35.4 Å². The van der Waals surface area contributed by atoms with Crippen LogP contribution in [0.3, 0.4) is 0 Å². The molecule has 5 nitrogen and oxygen atoms in total. The number of nitrogens with zero attached hydrogens (tertiary/aromatic N) is 5. The molecule has 0 atom stereocenters. The molecule has 0 aliphatic heterocycles. The van der Waals surface area contributed by atoms with Gasteiger partial charge in [-0.05, 0) is 16.0 Å². The average molecular weight is 185 g/mol. The SMILES string of the molecule is N#Cc1nnnn1Cc1ccccc1. The van der Waals surface area contributed by atoms with E-state index in [0.29, 0.717) is 6.54 Å². The number of hydrogen-bond acceptors (Lipinski definition) is 4. The molecule has 0 bridgehead atoms. The molecule has 0 aliphatic carbocycles. The van der Waals surface area contributed by atoms with Gasteiger partial charge < -0.3 is 0 Å². The van der Waals surface area contributed by atoms with E-state index in [1.807, 2.05) is 36.4 Å². The smallest absolute Gasteiger partial charge is 0.213 e. The van der Waals surface area contributed by atoms with Gasteiger partial charge in [0.05, 0.1) is 6.54 Å². The van der Waals surface area contributed by atoms with E-state index in [-0.39, 0.29) is 5.82 Å². The van der Waals surface area contributed by atoms with Gasteiger partial charge in [-0.3, -0.25) is 0 Å². The Hall–Kier alpha value is -2.22. The minimum Gasteiger partial charge on any atom is -0.213 e. The van der Waals surface area contributed by atoms with E-state index >= 15 is 0 Å². The summed E-state index contributed by atoms with van der Waals surface area (Å²) in [6.45, 7) is 0.525. The van der Waals surface area contributed by atoms with Crippen LogP contribution in [0.1, 0.15) is 11.4 Å². The van der Waals surface area contributed by atoms with Crippen LogP contribution in [0.25, 0.3) is 0 Å². The summed E-state index contributed by atoms with van der Waals surface area (Å²) in [6.07, 6.45) is 0. The minimum absolute atomic E-state index is 0.230. The van der Waals surface area contributed by atoms with Crippen LogP contribution in [-0.4, -0.2) is 20.2 Å². The first-order valence-electron chi connectivity index (χ1n) is 4.10. The molecular formula is C9H7N5. The number of rotatable bonds is 2. The molecule has 5 heteroatoms. The first kappa shape index (κ1) is 8.38. The largest absolute Gasteiger partial charge is 0.253 e. The maximum Gasteiger partial charge on any atom is 0.253 e. The third-order valence-corrected chi connectivity index (χ3v) is 1.81. The molecule has 14 heavy (non-hydrogen) atoms. The lowest BCUT2D eigenvalue weighted by Gasteiger charge is -1.99. The van der Waals surface area contributed by atoms with Crippen molar-refractivity contribution in [2.45, 2.75) is 6.54 Å². The predicted octanol–water partition coefficient (Wildman–Crippen LogP) is 0.593. The molecule has 1 heterocycles. The Morgan fingerprint density at radius 2 is 2.07 bits per heavy atom. The van der Waals surface area contributed by atoms with Crippen molar-refractivity contribution in [3.8, 4) is 6.07 Å². The Labute approximate surface area is 80.6 Å². The highest BCUT2D eigenvalue weighted by Crippen LogP contribution is 2.01. The molecule has 0 fully saturated rings. The van der Waals surface area contributed by atoms with Crippen molar-refractivity contribution in [2.24, 2.45) is 0 Å². The molecule has 0 saturated heterocycles. The average Bonchev–Trinajstić information content (AvgIpc) is 2.67. The molecule has 0 amide bonds. The first-order chi connectivity index (χ1) is 6.90. The Bertz CT molecular complexity index is 454. The van der Waals surface area contributed by atoms with Crippen molar-refractivity contribution in [3.05, 3.63) is 41.7 Å². The lowest BCUT2D eigenvalue weighted by molar-refractivity contribution is 0.642. The topological polar surface area (TPSA) is 67.4 Å². The van der Waals surface area contributed by atoms with Gasteiger partial charge in [0.25, 0.3) is 5.82 Å². The molecule has 68 valence electrons. The van der Waals surface area contributed by atoms with Crippen molar-refractivity contribution in [3.63, 3.8) is 0 Å². The van der Waals surface area contributed by atoms with Crippen LogP contribution in [0.2, 0.25) is 0 Å². The molecule has 2 aromatic rings. The van der Waals surface area contributed by atoms with Gasteiger partial charge in [-0.15, -0.1) is 0 Å². The van der Waals surface area contributed by atoms with E-state index in [1.165, 1.54) is 4.68 Å². The highest BCUT2D eigenvalue weighted by Gasteiger charge is 2.03. The maximum atomic E-state index is 8.67. The quantitative estimate of drug-likeness (QED) is 0.686. The van der Waals surface area contributed by atoms with E-state index in [0.717, 1.165) is 5.56 Å². The second kappa shape index (κ2) is 3.66. The standard InChI is InChI=1S/C9H7N5/c10-6-9-11-12-13-14(9)7-8-4-2-1-3-5-8/h1-5H,7H2. The Kier molecular flexibility index (Phi) is 2.19. The van der Waals surface area contributed by atoms with Gasteiger partial charge >= 0.3 is 0 Å². The summed E-state index contributed by atoms with van der Waals surface area (Å²) in [6, 6.07) is 11.7. The number of aromatic nitrogens is 4. The third kappa shape index (κ3) is 1.59. The molecule has 0 N–H and O–H groups in total.